The topological polar surface area (TPSA) is 59.8 Å². The molecule has 1 aliphatic heterocycles. The van der Waals surface area contributed by atoms with Crippen LogP contribution in [0.5, 0.6) is 0 Å². The maximum Gasteiger partial charge on any atom is 0.227 e. The minimum atomic E-state index is -0.403. The smallest absolute Gasteiger partial charge is 0.227 e. The number of allylic oxidation sites excluding steroid dienone is 2. The number of rotatable bonds is 4. The van der Waals surface area contributed by atoms with Crippen LogP contribution in [0, 0.1) is 11.7 Å². The average Bonchev–Trinajstić information content (AvgIpc) is 3.14. The Morgan fingerprint density at radius 3 is 2.86 bits per heavy atom. The number of halogens is 1. The molecule has 0 amide bonds. The van der Waals surface area contributed by atoms with Gasteiger partial charge < -0.3 is 5.32 Å². The molecule has 0 radical (unpaired) electrons. The van der Waals surface area contributed by atoms with Gasteiger partial charge in [0.2, 0.25) is 11.1 Å². The number of nitrogens with one attached hydrogen (secondary N) is 1. The van der Waals surface area contributed by atoms with Crippen LogP contribution < -0.4 is 5.32 Å². The molecule has 146 valence electrons. The highest BCUT2D eigenvalue weighted by molar-refractivity contribution is 7.98. The number of hydrogen-bond acceptors (Lipinski definition) is 5. The molecule has 0 spiro atoms. The monoisotopic (exact) mass is 406 g/mol. The van der Waals surface area contributed by atoms with Gasteiger partial charge >= 0.3 is 0 Å². The molecule has 0 unspecified atom stereocenters. The number of benzene rings is 2. The van der Waals surface area contributed by atoms with Gasteiger partial charge in [-0.15, -0.1) is 5.10 Å². The fourth-order valence-electron chi connectivity index (χ4n) is 3.96. The van der Waals surface area contributed by atoms with Gasteiger partial charge in [0.1, 0.15) is 11.6 Å². The summed E-state index contributed by atoms with van der Waals surface area (Å²) in [5.41, 5.74) is 2.75. The number of anilines is 1. The minimum absolute atomic E-state index is 0.142. The first-order chi connectivity index (χ1) is 14.2. The van der Waals surface area contributed by atoms with E-state index in [9.17, 15) is 9.18 Å². The number of Topliss-reactive ketones (excluding diaryl/α,β-unsaturated/α-hetero) is 1. The van der Waals surface area contributed by atoms with Crippen molar-refractivity contribution in [3.05, 3.63) is 83.3 Å². The third-order valence-corrected chi connectivity index (χ3v) is 6.19. The molecule has 0 bridgehead atoms. The van der Waals surface area contributed by atoms with E-state index < -0.39 is 12.0 Å². The van der Waals surface area contributed by atoms with Crippen LogP contribution in [-0.2, 0) is 10.5 Å². The number of carbonyl (C=O) groups is 1. The number of thioether (sulfide) groups is 1. The van der Waals surface area contributed by atoms with E-state index in [1.54, 1.807) is 10.7 Å². The number of fused-ring (bicyclic) bond motifs is 2. The zero-order valence-electron chi connectivity index (χ0n) is 15.6. The molecule has 7 heteroatoms. The summed E-state index contributed by atoms with van der Waals surface area (Å²) >= 11 is 1.54. The van der Waals surface area contributed by atoms with Gasteiger partial charge in [0, 0.05) is 17.9 Å². The highest BCUT2D eigenvalue weighted by atomic mass is 32.2. The lowest BCUT2D eigenvalue weighted by Gasteiger charge is -2.36. The highest BCUT2D eigenvalue weighted by Gasteiger charge is 2.41. The molecule has 3 aromatic rings. The molecule has 5 nitrogen and oxygen atoms in total. The summed E-state index contributed by atoms with van der Waals surface area (Å²) in [6.07, 6.45) is 3.24. The van der Waals surface area contributed by atoms with Crippen LogP contribution in [0.25, 0.3) is 0 Å². The Balaban J connectivity index is 1.53. The number of nitrogens with zero attached hydrogens (tertiary/aromatic N) is 3. The molecule has 1 N–H and O–H groups in total. The van der Waals surface area contributed by atoms with Gasteiger partial charge in [0.25, 0.3) is 0 Å². The fourth-order valence-corrected chi connectivity index (χ4v) is 4.75. The van der Waals surface area contributed by atoms with E-state index in [4.69, 9.17) is 0 Å². The number of hydrogen-bond donors (Lipinski definition) is 1. The third-order valence-electron chi connectivity index (χ3n) is 5.29. The molecule has 5 rings (SSSR count). The largest absolute Gasteiger partial charge is 0.328 e. The van der Waals surface area contributed by atoms with Crippen LogP contribution in [0.15, 0.2) is 71.5 Å². The lowest BCUT2D eigenvalue weighted by molar-refractivity contribution is -0.123. The Morgan fingerprint density at radius 2 is 2.03 bits per heavy atom. The second-order valence-corrected chi connectivity index (χ2v) is 8.15. The van der Waals surface area contributed by atoms with Gasteiger partial charge in [0.05, 0.1) is 12.0 Å². The molecule has 29 heavy (non-hydrogen) atoms. The lowest BCUT2D eigenvalue weighted by atomic mass is 9.81. The molecule has 0 saturated carbocycles. The predicted octanol–water partition coefficient (Wildman–Crippen LogP) is 4.59. The first kappa shape index (κ1) is 18.1. The molecule has 2 aliphatic rings. The molecule has 2 heterocycles. The zero-order chi connectivity index (χ0) is 19.8. The standard InChI is InChI=1S/C22H19FN4OS/c23-16-9-4-8-15(12-16)20-19-17(10-5-11-18(19)28)24-21-25-22(26-27(20)21)29-13-14-6-2-1-3-7-14/h1-4,6-10,12,19-20H,5,11,13H2,(H,24,25,26)/t19-,20-/m0/s1. The Hall–Kier alpha value is -2.93. The third kappa shape index (κ3) is 3.46. The maximum absolute atomic E-state index is 14.0. The van der Waals surface area contributed by atoms with Crippen molar-refractivity contribution in [3.8, 4) is 0 Å². The van der Waals surface area contributed by atoms with Crippen molar-refractivity contribution in [2.45, 2.75) is 29.8 Å². The van der Waals surface area contributed by atoms with Crippen molar-refractivity contribution in [3.63, 3.8) is 0 Å². The van der Waals surface area contributed by atoms with Crippen molar-refractivity contribution in [1.82, 2.24) is 14.8 Å². The van der Waals surface area contributed by atoms with E-state index in [-0.39, 0.29) is 11.6 Å². The fraction of sp³-hybridized carbons (Fsp3) is 0.227. The summed E-state index contributed by atoms with van der Waals surface area (Å²) in [7, 11) is 0. The maximum atomic E-state index is 14.0. The summed E-state index contributed by atoms with van der Waals surface area (Å²) in [4.78, 5) is 17.4. The van der Waals surface area contributed by atoms with Crippen LogP contribution in [0.2, 0.25) is 0 Å². The van der Waals surface area contributed by atoms with E-state index in [1.165, 1.54) is 29.5 Å². The summed E-state index contributed by atoms with van der Waals surface area (Å²) in [5, 5.41) is 8.60. The van der Waals surface area contributed by atoms with E-state index in [2.05, 4.69) is 27.5 Å². The lowest BCUT2D eigenvalue weighted by Crippen LogP contribution is -2.38. The van der Waals surface area contributed by atoms with Crippen molar-refractivity contribution < 1.29 is 9.18 Å². The van der Waals surface area contributed by atoms with Gasteiger partial charge in [-0.1, -0.05) is 60.3 Å². The zero-order valence-corrected chi connectivity index (χ0v) is 16.4. The van der Waals surface area contributed by atoms with Gasteiger partial charge in [-0.2, -0.15) is 4.98 Å². The molecule has 1 aromatic heterocycles. The molecular formula is C22H19FN4OS. The first-order valence-electron chi connectivity index (χ1n) is 9.57. The summed E-state index contributed by atoms with van der Waals surface area (Å²) in [6, 6.07) is 16.1. The van der Waals surface area contributed by atoms with Crippen molar-refractivity contribution >= 4 is 23.5 Å². The van der Waals surface area contributed by atoms with Crippen molar-refractivity contribution in [1.29, 1.82) is 0 Å². The second kappa shape index (κ2) is 7.48. The molecule has 0 saturated heterocycles. The second-order valence-electron chi connectivity index (χ2n) is 7.20. The van der Waals surface area contributed by atoms with Gasteiger partial charge in [-0.3, -0.25) is 4.79 Å². The Morgan fingerprint density at radius 1 is 1.17 bits per heavy atom. The average molecular weight is 406 g/mol. The SMILES string of the molecule is O=C1CCC=C2Nc3nc(SCc4ccccc4)nn3[C@@H](c3cccc(F)c3)[C@H]12. The summed E-state index contributed by atoms with van der Waals surface area (Å²) in [5.74, 6) is 0.762. The molecule has 2 aromatic carbocycles. The van der Waals surface area contributed by atoms with E-state index in [0.717, 1.165) is 17.0 Å². The highest BCUT2D eigenvalue weighted by Crippen LogP contribution is 2.42. The van der Waals surface area contributed by atoms with Crippen LogP contribution >= 0.6 is 11.8 Å². The van der Waals surface area contributed by atoms with Crippen LogP contribution in [-0.4, -0.2) is 20.5 Å². The number of aromatic nitrogens is 3. The minimum Gasteiger partial charge on any atom is -0.328 e. The number of ketones is 1. The summed E-state index contributed by atoms with van der Waals surface area (Å²) < 4.78 is 15.7. The van der Waals surface area contributed by atoms with Gasteiger partial charge in [0.15, 0.2) is 0 Å². The van der Waals surface area contributed by atoms with E-state index >= 15 is 0 Å². The van der Waals surface area contributed by atoms with E-state index in [1.807, 2.05) is 30.3 Å². The van der Waals surface area contributed by atoms with Crippen molar-refractivity contribution in [2.24, 2.45) is 5.92 Å². The van der Waals surface area contributed by atoms with E-state index in [0.29, 0.717) is 23.9 Å². The Bertz CT molecular complexity index is 1100. The quantitative estimate of drug-likeness (QED) is 0.643. The van der Waals surface area contributed by atoms with Crippen LogP contribution in [0.1, 0.15) is 30.0 Å². The molecule has 2 atom stereocenters. The first-order valence-corrected chi connectivity index (χ1v) is 10.6. The number of carbonyl (C=O) groups excluding carboxylic acids is 1. The Kier molecular flexibility index (Phi) is 4.67. The van der Waals surface area contributed by atoms with Crippen molar-refractivity contribution in [2.75, 3.05) is 5.32 Å². The summed E-state index contributed by atoms with van der Waals surface area (Å²) in [6.45, 7) is 0. The Labute approximate surface area is 172 Å². The molecule has 0 fully saturated rings. The molecular weight excluding hydrogens is 387 g/mol. The van der Waals surface area contributed by atoms with Crippen LogP contribution in [0.3, 0.4) is 0 Å². The predicted molar refractivity (Wildman–Crippen MR) is 110 cm³/mol. The normalized spacial score (nSPS) is 20.4. The molecule has 1 aliphatic carbocycles. The van der Waals surface area contributed by atoms with Crippen LogP contribution in [0.4, 0.5) is 10.3 Å². The van der Waals surface area contributed by atoms with Gasteiger partial charge in [-0.05, 0) is 29.7 Å². The van der Waals surface area contributed by atoms with Gasteiger partial charge in [-0.25, -0.2) is 9.07 Å².